The van der Waals surface area contributed by atoms with E-state index >= 15 is 0 Å². The van der Waals surface area contributed by atoms with E-state index in [1.807, 2.05) is 29.3 Å². The third-order valence-electron chi connectivity index (χ3n) is 3.20. The summed E-state index contributed by atoms with van der Waals surface area (Å²) in [6.07, 6.45) is 1.54. The predicted octanol–water partition coefficient (Wildman–Crippen LogP) is 1.38. The van der Waals surface area contributed by atoms with Crippen molar-refractivity contribution in [2.75, 3.05) is 19.6 Å². The van der Waals surface area contributed by atoms with Crippen molar-refractivity contribution in [3.05, 3.63) is 22.4 Å². The molecule has 0 aromatic carbocycles. The molecular formula is C13H20N2O2S. The van der Waals surface area contributed by atoms with Gasteiger partial charge in [-0.05, 0) is 37.8 Å². The molecule has 0 aliphatic carbocycles. The SMILES string of the molecule is CC(NC(=O)CN1CCC[C@H](O)C1)c1cccs1. The lowest BCUT2D eigenvalue weighted by Crippen LogP contribution is -2.44. The maximum atomic E-state index is 11.9. The van der Waals surface area contributed by atoms with Crippen LogP contribution in [0.2, 0.25) is 0 Å². The number of nitrogens with one attached hydrogen (secondary N) is 1. The minimum atomic E-state index is -0.277. The van der Waals surface area contributed by atoms with E-state index in [4.69, 9.17) is 0 Å². The molecule has 1 saturated heterocycles. The highest BCUT2D eigenvalue weighted by Crippen LogP contribution is 2.18. The molecule has 1 aromatic rings. The first-order valence-corrected chi connectivity index (χ1v) is 7.26. The average Bonchev–Trinajstić information content (AvgIpc) is 2.81. The summed E-state index contributed by atoms with van der Waals surface area (Å²) < 4.78 is 0. The third-order valence-corrected chi connectivity index (χ3v) is 4.25. The van der Waals surface area contributed by atoms with Crippen LogP contribution in [0, 0.1) is 0 Å². The van der Waals surface area contributed by atoms with E-state index in [9.17, 15) is 9.90 Å². The molecule has 2 N–H and O–H groups in total. The fraction of sp³-hybridized carbons (Fsp3) is 0.615. The number of hydrogen-bond donors (Lipinski definition) is 2. The number of hydrogen-bond acceptors (Lipinski definition) is 4. The maximum absolute atomic E-state index is 11.9. The molecule has 2 heterocycles. The summed E-state index contributed by atoms with van der Waals surface area (Å²) in [6.45, 7) is 3.89. The standard InChI is InChI=1S/C13H20N2O2S/c1-10(12-5-3-7-18-12)14-13(17)9-15-6-2-4-11(16)8-15/h3,5,7,10-11,16H,2,4,6,8-9H2,1H3,(H,14,17)/t10?,11-/m0/s1. The Morgan fingerprint density at radius 3 is 3.22 bits per heavy atom. The van der Waals surface area contributed by atoms with Gasteiger partial charge >= 0.3 is 0 Å². The zero-order chi connectivity index (χ0) is 13.0. The molecule has 0 spiro atoms. The van der Waals surface area contributed by atoms with Crippen molar-refractivity contribution < 1.29 is 9.90 Å². The Balaban J connectivity index is 1.78. The highest BCUT2D eigenvalue weighted by atomic mass is 32.1. The van der Waals surface area contributed by atoms with Crippen molar-refractivity contribution in [2.24, 2.45) is 0 Å². The molecule has 1 amide bonds. The minimum absolute atomic E-state index is 0.0324. The van der Waals surface area contributed by atoms with Gasteiger partial charge in [0.2, 0.25) is 5.91 Å². The Kier molecular flexibility index (Phi) is 4.74. The van der Waals surface area contributed by atoms with Gasteiger partial charge < -0.3 is 10.4 Å². The summed E-state index contributed by atoms with van der Waals surface area (Å²) in [7, 11) is 0. The first kappa shape index (κ1) is 13.5. The van der Waals surface area contributed by atoms with Gasteiger partial charge in [-0.1, -0.05) is 6.07 Å². The average molecular weight is 268 g/mol. The Hall–Kier alpha value is -0.910. The molecule has 18 heavy (non-hydrogen) atoms. The second kappa shape index (κ2) is 6.31. The predicted molar refractivity (Wildman–Crippen MR) is 72.6 cm³/mol. The van der Waals surface area contributed by atoms with Crippen molar-refractivity contribution in [3.63, 3.8) is 0 Å². The van der Waals surface area contributed by atoms with Crippen LogP contribution >= 0.6 is 11.3 Å². The van der Waals surface area contributed by atoms with E-state index in [0.717, 1.165) is 19.4 Å². The smallest absolute Gasteiger partial charge is 0.234 e. The monoisotopic (exact) mass is 268 g/mol. The molecule has 2 rings (SSSR count). The highest BCUT2D eigenvalue weighted by molar-refractivity contribution is 7.10. The molecule has 1 aliphatic rings. The van der Waals surface area contributed by atoms with Gasteiger partial charge in [0, 0.05) is 11.4 Å². The summed E-state index contributed by atoms with van der Waals surface area (Å²) in [6, 6.07) is 4.08. The maximum Gasteiger partial charge on any atom is 0.234 e. The fourth-order valence-corrected chi connectivity index (χ4v) is 3.01. The van der Waals surface area contributed by atoms with Crippen LogP contribution < -0.4 is 5.32 Å². The minimum Gasteiger partial charge on any atom is -0.392 e. The second-order valence-electron chi connectivity index (χ2n) is 4.84. The van der Waals surface area contributed by atoms with Crippen LogP contribution in [0.15, 0.2) is 17.5 Å². The summed E-state index contributed by atoms with van der Waals surface area (Å²) >= 11 is 1.65. The number of piperidine rings is 1. The highest BCUT2D eigenvalue weighted by Gasteiger charge is 2.20. The first-order chi connectivity index (χ1) is 8.65. The molecule has 100 valence electrons. The van der Waals surface area contributed by atoms with E-state index in [1.54, 1.807) is 11.3 Å². The number of thiophene rings is 1. The Morgan fingerprint density at radius 2 is 2.56 bits per heavy atom. The molecule has 2 atom stereocenters. The molecule has 1 aromatic heterocycles. The zero-order valence-electron chi connectivity index (χ0n) is 10.6. The second-order valence-corrected chi connectivity index (χ2v) is 5.82. The number of amides is 1. The van der Waals surface area contributed by atoms with Crippen LogP contribution in [0.4, 0.5) is 0 Å². The normalized spacial score (nSPS) is 22.7. The topological polar surface area (TPSA) is 52.6 Å². The van der Waals surface area contributed by atoms with E-state index in [-0.39, 0.29) is 18.1 Å². The molecule has 0 saturated carbocycles. The van der Waals surface area contributed by atoms with Crippen molar-refractivity contribution in [1.29, 1.82) is 0 Å². The molecule has 1 unspecified atom stereocenters. The van der Waals surface area contributed by atoms with Gasteiger partial charge in [0.15, 0.2) is 0 Å². The Labute approximate surface area is 112 Å². The van der Waals surface area contributed by atoms with Gasteiger partial charge in [-0.15, -0.1) is 11.3 Å². The summed E-state index contributed by atoms with van der Waals surface area (Å²) in [4.78, 5) is 15.1. The molecule has 5 heteroatoms. The van der Waals surface area contributed by atoms with Crippen LogP contribution in [-0.2, 0) is 4.79 Å². The van der Waals surface area contributed by atoms with Crippen LogP contribution in [0.1, 0.15) is 30.7 Å². The zero-order valence-corrected chi connectivity index (χ0v) is 11.4. The number of nitrogens with zero attached hydrogens (tertiary/aromatic N) is 1. The third kappa shape index (κ3) is 3.80. The molecule has 1 aliphatic heterocycles. The molecule has 4 nitrogen and oxygen atoms in total. The van der Waals surface area contributed by atoms with Crippen molar-refractivity contribution in [1.82, 2.24) is 10.2 Å². The van der Waals surface area contributed by atoms with Crippen molar-refractivity contribution >= 4 is 17.2 Å². The van der Waals surface area contributed by atoms with Crippen molar-refractivity contribution in [3.8, 4) is 0 Å². The van der Waals surface area contributed by atoms with E-state index < -0.39 is 0 Å². The summed E-state index contributed by atoms with van der Waals surface area (Å²) in [5.74, 6) is 0.0324. The lowest BCUT2D eigenvalue weighted by molar-refractivity contribution is -0.123. The van der Waals surface area contributed by atoms with E-state index in [0.29, 0.717) is 13.1 Å². The van der Waals surface area contributed by atoms with Gasteiger partial charge in [0.25, 0.3) is 0 Å². The molecular weight excluding hydrogens is 248 g/mol. The number of carbonyl (C=O) groups is 1. The number of β-amino-alcohol motifs (C(OH)–C–C–N with tert-alkyl or cyclic N) is 1. The summed E-state index contributed by atoms with van der Waals surface area (Å²) in [5.41, 5.74) is 0. The van der Waals surface area contributed by atoms with Gasteiger partial charge in [-0.3, -0.25) is 9.69 Å². The van der Waals surface area contributed by atoms with Gasteiger partial charge in [0.1, 0.15) is 0 Å². The number of aliphatic hydroxyl groups excluding tert-OH is 1. The number of carbonyl (C=O) groups excluding carboxylic acids is 1. The fourth-order valence-electron chi connectivity index (χ4n) is 2.27. The van der Waals surface area contributed by atoms with Gasteiger partial charge in [0.05, 0.1) is 18.7 Å². The lowest BCUT2D eigenvalue weighted by Gasteiger charge is -2.29. The Bertz CT molecular complexity index is 380. The quantitative estimate of drug-likeness (QED) is 0.867. The van der Waals surface area contributed by atoms with Crippen LogP contribution in [-0.4, -0.2) is 41.7 Å². The van der Waals surface area contributed by atoms with Gasteiger partial charge in [-0.25, -0.2) is 0 Å². The Morgan fingerprint density at radius 1 is 1.72 bits per heavy atom. The largest absolute Gasteiger partial charge is 0.392 e. The van der Waals surface area contributed by atoms with Crippen LogP contribution in [0.3, 0.4) is 0 Å². The van der Waals surface area contributed by atoms with Crippen LogP contribution in [0.25, 0.3) is 0 Å². The molecule has 0 bridgehead atoms. The molecule has 0 radical (unpaired) electrons. The number of rotatable bonds is 4. The van der Waals surface area contributed by atoms with Crippen molar-refractivity contribution in [2.45, 2.75) is 31.9 Å². The summed E-state index contributed by atoms with van der Waals surface area (Å²) in [5, 5.41) is 14.6. The van der Waals surface area contributed by atoms with E-state index in [1.165, 1.54) is 4.88 Å². The molecule has 1 fully saturated rings. The lowest BCUT2D eigenvalue weighted by atomic mass is 10.1. The van der Waals surface area contributed by atoms with E-state index in [2.05, 4.69) is 5.32 Å². The van der Waals surface area contributed by atoms with Crippen LogP contribution in [0.5, 0.6) is 0 Å². The number of likely N-dealkylation sites (tertiary alicyclic amines) is 1. The van der Waals surface area contributed by atoms with Gasteiger partial charge in [-0.2, -0.15) is 0 Å². The number of aliphatic hydroxyl groups is 1. The first-order valence-electron chi connectivity index (χ1n) is 6.38.